The lowest BCUT2D eigenvalue weighted by Gasteiger charge is -2.18. The third kappa shape index (κ3) is 3.20. The number of benzene rings is 1. The van der Waals surface area contributed by atoms with Gasteiger partial charge in [0.05, 0.1) is 13.2 Å². The Morgan fingerprint density at radius 3 is 3.18 bits per heavy atom. The Kier molecular flexibility index (Phi) is 3.98. The van der Waals surface area contributed by atoms with Crippen LogP contribution < -0.4 is 15.4 Å². The van der Waals surface area contributed by atoms with Gasteiger partial charge in [-0.25, -0.2) is 0 Å². The predicted octanol–water partition coefficient (Wildman–Crippen LogP) is 0.847. The quantitative estimate of drug-likeness (QED) is 0.812. The van der Waals surface area contributed by atoms with Crippen LogP contribution in [0.1, 0.15) is 17.5 Å². The van der Waals surface area contributed by atoms with Crippen molar-refractivity contribution in [3.8, 4) is 5.75 Å². The van der Waals surface area contributed by atoms with Crippen molar-refractivity contribution >= 4 is 5.91 Å². The second-order valence-electron chi connectivity index (χ2n) is 4.20. The SMILES string of the molecule is CNCC(=O)NCc1ccc2c(c1)CCCO2. The highest BCUT2D eigenvalue weighted by molar-refractivity contribution is 5.77. The average Bonchev–Trinajstić information content (AvgIpc) is 2.36. The van der Waals surface area contributed by atoms with Gasteiger partial charge >= 0.3 is 0 Å². The van der Waals surface area contributed by atoms with Gasteiger partial charge < -0.3 is 15.4 Å². The number of carbonyl (C=O) groups excluding carboxylic acids is 1. The number of fused-ring (bicyclic) bond motifs is 1. The molecule has 0 aromatic heterocycles. The highest BCUT2D eigenvalue weighted by Gasteiger charge is 2.10. The zero-order valence-corrected chi connectivity index (χ0v) is 10.1. The number of ether oxygens (including phenoxy) is 1. The molecule has 2 rings (SSSR count). The molecule has 92 valence electrons. The Hall–Kier alpha value is -1.55. The van der Waals surface area contributed by atoms with Gasteiger partial charge in [-0.3, -0.25) is 4.79 Å². The smallest absolute Gasteiger partial charge is 0.234 e. The van der Waals surface area contributed by atoms with Crippen molar-refractivity contribution in [1.82, 2.24) is 10.6 Å². The monoisotopic (exact) mass is 234 g/mol. The van der Waals surface area contributed by atoms with Gasteiger partial charge in [-0.1, -0.05) is 12.1 Å². The number of hydrogen-bond donors (Lipinski definition) is 2. The first kappa shape index (κ1) is 11.9. The molecule has 0 saturated carbocycles. The van der Waals surface area contributed by atoms with Crippen LogP contribution in [0.25, 0.3) is 0 Å². The van der Waals surface area contributed by atoms with E-state index in [2.05, 4.69) is 16.7 Å². The van der Waals surface area contributed by atoms with Crippen LogP contribution in [0.4, 0.5) is 0 Å². The van der Waals surface area contributed by atoms with E-state index in [0.717, 1.165) is 30.8 Å². The number of carbonyl (C=O) groups is 1. The lowest BCUT2D eigenvalue weighted by Crippen LogP contribution is -2.31. The molecule has 1 aliphatic rings. The molecular formula is C13H18N2O2. The van der Waals surface area contributed by atoms with E-state index < -0.39 is 0 Å². The third-order valence-electron chi connectivity index (χ3n) is 2.80. The minimum Gasteiger partial charge on any atom is -0.493 e. The van der Waals surface area contributed by atoms with E-state index in [9.17, 15) is 4.79 Å². The second-order valence-corrected chi connectivity index (χ2v) is 4.20. The minimum atomic E-state index is 0.0153. The van der Waals surface area contributed by atoms with Gasteiger partial charge in [0.25, 0.3) is 0 Å². The van der Waals surface area contributed by atoms with E-state index in [1.807, 2.05) is 12.1 Å². The summed E-state index contributed by atoms with van der Waals surface area (Å²) in [5, 5.41) is 5.69. The average molecular weight is 234 g/mol. The van der Waals surface area contributed by atoms with Gasteiger partial charge in [-0.2, -0.15) is 0 Å². The molecule has 1 heterocycles. The maximum Gasteiger partial charge on any atom is 0.234 e. The number of likely N-dealkylation sites (N-methyl/N-ethyl adjacent to an activating group) is 1. The van der Waals surface area contributed by atoms with Crippen LogP contribution in [-0.2, 0) is 17.8 Å². The molecule has 0 fully saturated rings. The second kappa shape index (κ2) is 5.68. The van der Waals surface area contributed by atoms with Crippen molar-refractivity contribution < 1.29 is 9.53 Å². The molecule has 1 aliphatic heterocycles. The lowest BCUT2D eigenvalue weighted by molar-refractivity contribution is -0.120. The third-order valence-corrected chi connectivity index (χ3v) is 2.80. The van der Waals surface area contributed by atoms with Crippen LogP contribution in [0.2, 0.25) is 0 Å². The highest BCUT2D eigenvalue weighted by Crippen LogP contribution is 2.25. The van der Waals surface area contributed by atoms with Crippen molar-refractivity contribution in [3.05, 3.63) is 29.3 Å². The van der Waals surface area contributed by atoms with E-state index in [1.165, 1.54) is 5.56 Å². The van der Waals surface area contributed by atoms with Crippen LogP contribution in [0.3, 0.4) is 0 Å². The predicted molar refractivity (Wildman–Crippen MR) is 66.0 cm³/mol. The lowest BCUT2D eigenvalue weighted by atomic mass is 10.0. The van der Waals surface area contributed by atoms with Gasteiger partial charge in [0, 0.05) is 6.54 Å². The summed E-state index contributed by atoms with van der Waals surface area (Å²) in [6.45, 7) is 1.74. The largest absolute Gasteiger partial charge is 0.493 e. The van der Waals surface area contributed by atoms with Crippen LogP contribution in [0.15, 0.2) is 18.2 Å². The van der Waals surface area contributed by atoms with E-state index in [4.69, 9.17) is 4.74 Å². The molecule has 0 bridgehead atoms. The van der Waals surface area contributed by atoms with Crippen molar-refractivity contribution in [1.29, 1.82) is 0 Å². The fraction of sp³-hybridized carbons (Fsp3) is 0.462. The Morgan fingerprint density at radius 1 is 1.47 bits per heavy atom. The number of aryl methyl sites for hydroxylation is 1. The van der Waals surface area contributed by atoms with Crippen molar-refractivity contribution in [2.45, 2.75) is 19.4 Å². The molecule has 0 atom stereocenters. The van der Waals surface area contributed by atoms with Crippen LogP contribution in [-0.4, -0.2) is 26.1 Å². The van der Waals surface area contributed by atoms with E-state index in [1.54, 1.807) is 7.05 Å². The molecular weight excluding hydrogens is 216 g/mol. The first-order valence-corrected chi connectivity index (χ1v) is 5.95. The van der Waals surface area contributed by atoms with Crippen molar-refractivity contribution in [3.63, 3.8) is 0 Å². The fourth-order valence-electron chi connectivity index (χ4n) is 1.95. The van der Waals surface area contributed by atoms with Gasteiger partial charge in [-0.15, -0.1) is 0 Å². The minimum absolute atomic E-state index is 0.0153. The number of amides is 1. The molecule has 0 spiro atoms. The van der Waals surface area contributed by atoms with Gasteiger partial charge in [0.1, 0.15) is 5.75 Å². The van der Waals surface area contributed by atoms with Crippen molar-refractivity contribution in [2.24, 2.45) is 0 Å². The van der Waals surface area contributed by atoms with E-state index >= 15 is 0 Å². The first-order valence-electron chi connectivity index (χ1n) is 5.95. The number of hydrogen-bond acceptors (Lipinski definition) is 3. The molecule has 1 aromatic carbocycles. The summed E-state index contributed by atoms with van der Waals surface area (Å²) in [7, 11) is 1.76. The summed E-state index contributed by atoms with van der Waals surface area (Å²) in [5.74, 6) is 1.00. The summed E-state index contributed by atoms with van der Waals surface area (Å²) in [4.78, 5) is 11.3. The standard InChI is InChI=1S/C13H18N2O2/c1-14-9-13(16)15-8-10-4-5-12-11(7-10)3-2-6-17-12/h4-5,7,14H,2-3,6,8-9H2,1H3,(H,15,16). The molecule has 2 N–H and O–H groups in total. The molecule has 0 saturated heterocycles. The van der Waals surface area contributed by atoms with E-state index in [-0.39, 0.29) is 5.91 Å². The first-order chi connectivity index (χ1) is 8.29. The molecule has 0 unspecified atom stereocenters. The molecule has 4 heteroatoms. The number of rotatable bonds is 4. The zero-order chi connectivity index (χ0) is 12.1. The molecule has 1 aromatic rings. The summed E-state index contributed by atoms with van der Waals surface area (Å²) >= 11 is 0. The maximum absolute atomic E-state index is 11.3. The Labute approximate surface area is 101 Å². The zero-order valence-electron chi connectivity index (χ0n) is 10.1. The fourth-order valence-corrected chi connectivity index (χ4v) is 1.95. The molecule has 0 aliphatic carbocycles. The molecule has 0 radical (unpaired) electrons. The van der Waals surface area contributed by atoms with E-state index in [0.29, 0.717) is 13.1 Å². The van der Waals surface area contributed by atoms with Crippen LogP contribution in [0, 0.1) is 0 Å². The molecule has 1 amide bonds. The summed E-state index contributed by atoms with van der Waals surface area (Å²) in [5.41, 5.74) is 2.37. The number of nitrogens with one attached hydrogen (secondary N) is 2. The summed E-state index contributed by atoms with van der Waals surface area (Å²) in [6, 6.07) is 6.12. The normalized spacial score (nSPS) is 13.7. The van der Waals surface area contributed by atoms with Gasteiger partial charge in [-0.05, 0) is 37.1 Å². The molecule has 4 nitrogen and oxygen atoms in total. The Balaban J connectivity index is 1.95. The van der Waals surface area contributed by atoms with Gasteiger partial charge in [0.2, 0.25) is 5.91 Å². The Bertz CT molecular complexity index is 404. The highest BCUT2D eigenvalue weighted by atomic mass is 16.5. The Morgan fingerprint density at radius 2 is 2.35 bits per heavy atom. The van der Waals surface area contributed by atoms with Crippen molar-refractivity contribution in [2.75, 3.05) is 20.2 Å². The summed E-state index contributed by atoms with van der Waals surface area (Å²) in [6.07, 6.45) is 2.14. The van der Waals surface area contributed by atoms with Gasteiger partial charge in [0.15, 0.2) is 0 Å². The van der Waals surface area contributed by atoms with Crippen LogP contribution >= 0.6 is 0 Å². The topological polar surface area (TPSA) is 50.4 Å². The summed E-state index contributed by atoms with van der Waals surface area (Å²) < 4.78 is 5.55. The maximum atomic E-state index is 11.3. The van der Waals surface area contributed by atoms with Crippen LogP contribution in [0.5, 0.6) is 5.75 Å². The molecule has 17 heavy (non-hydrogen) atoms.